The molecule has 0 radical (unpaired) electrons. The first kappa shape index (κ1) is 37.3. The van der Waals surface area contributed by atoms with Crippen LogP contribution >= 0.6 is 0 Å². The number of likely N-dealkylation sites (tertiary alicyclic amines) is 2. The summed E-state index contributed by atoms with van der Waals surface area (Å²) in [6.45, 7) is 7.15. The van der Waals surface area contributed by atoms with Gasteiger partial charge < -0.3 is 20.9 Å². The van der Waals surface area contributed by atoms with Gasteiger partial charge in [0, 0.05) is 37.1 Å². The van der Waals surface area contributed by atoms with Crippen molar-refractivity contribution in [2.24, 2.45) is 0 Å². The highest BCUT2D eigenvalue weighted by Gasteiger charge is 2.42. The zero-order valence-electron chi connectivity index (χ0n) is 31.8. The molecular weight excluding hydrogens is 739 g/mol. The van der Waals surface area contributed by atoms with E-state index >= 15 is 0 Å². The summed E-state index contributed by atoms with van der Waals surface area (Å²) in [6, 6.07) is 3.64. The van der Waals surface area contributed by atoms with Crippen LogP contribution in [0.5, 0.6) is 0 Å². The SMILES string of the molecule is CCN1CCC(N2CCC(S(=O)(=O)NC(=O)Nc3c4c(cc5c3CCC5C3CCc5cc6c(c(NC(=O)NS(=O)(=O)C7CNC7)c53)CCC6)CCC4)C2)CC1. The van der Waals surface area contributed by atoms with Crippen LogP contribution in [-0.4, -0.2) is 101 Å². The molecule has 3 atom stereocenters. The van der Waals surface area contributed by atoms with Gasteiger partial charge in [0.15, 0.2) is 0 Å². The third-order valence-corrected chi connectivity index (χ3v) is 17.4. The maximum atomic E-state index is 13.6. The smallest absolute Gasteiger partial charge is 0.314 e. The van der Waals surface area contributed by atoms with Crippen molar-refractivity contribution in [1.82, 2.24) is 24.6 Å². The van der Waals surface area contributed by atoms with E-state index in [1.165, 1.54) is 22.3 Å². The number of sulfonamides is 2. The van der Waals surface area contributed by atoms with Gasteiger partial charge in [-0.1, -0.05) is 19.1 Å². The average molecular weight is 794 g/mol. The van der Waals surface area contributed by atoms with Crippen LogP contribution in [0.15, 0.2) is 12.1 Å². The second kappa shape index (κ2) is 14.6. The molecule has 9 rings (SSSR count). The molecule has 55 heavy (non-hydrogen) atoms. The van der Waals surface area contributed by atoms with Crippen molar-refractivity contribution in [3.63, 3.8) is 0 Å². The fourth-order valence-corrected chi connectivity index (χ4v) is 13.4. The van der Waals surface area contributed by atoms with Gasteiger partial charge >= 0.3 is 12.1 Å². The molecular formula is C40H55N7O6S2. The van der Waals surface area contributed by atoms with E-state index in [9.17, 15) is 26.4 Å². The minimum Gasteiger partial charge on any atom is -0.314 e. The van der Waals surface area contributed by atoms with Gasteiger partial charge in [-0.15, -0.1) is 0 Å². The maximum Gasteiger partial charge on any atom is 0.332 e. The molecule has 0 bridgehead atoms. The van der Waals surface area contributed by atoms with Crippen LogP contribution in [0.4, 0.5) is 21.0 Å². The van der Waals surface area contributed by atoms with Crippen molar-refractivity contribution >= 4 is 43.5 Å². The number of hydrogen-bond donors (Lipinski definition) is 5. The minimum atomic E-state index is -3.88. The number of benzene rings is 2. The summed E-state index contributed by atoms with van der Waals surface area (Å²) in [5, 5.41) is 7.85. The molecule has 3 saturated heterocycles. The maximum absolute atomic E-state index is 13.6. The molecule has 298 valence electrons. The number of aryl methyl sites for hydroxylation is 3. The highest BCUT2D eigenvalue weighted by Crippen LogP contribution is 2.55. The standard InChI is InChI=1S/C40H55N7O6S2/c1-2-46-16-13-27(14-17-46)47-18-15-28(23-47)54(50,51)44-39(48)42-37-30-7-4-6-25(30)20-35-32(11-12-34(35)37)33-10-9-26-19-24-5-3-8-31(24)38(36(26)33)43-40(49)45-55(52,53)29-21-41-22-29/h19-20,27-29,32-33,41H,2-18,21-23H2,1H3,(H2,42,44,48)(H2,43,45,49). The third kappa shape index (κ3) is 6.95. The number of nitrogens with one attached hydrogen (secondary N) is 5. The van der Waals surface area contributed by atoms with Gasteiger partial charge in [0.1, 0.15) is 5.25 Å². The quantitative estimate of drug-likeness (QED) is 0.253. The third-order valence-electron chi connectivity index (χ3n) is 14.0. The lowest BCUT2D eigenvalue weighted by molar-refractivity contribution is 0.131. The summed E-state index contributed by atoms with van der Waals surface area (Å²) in [5.41, 5.74) is 10.9. The van der Waals surface area contributed by atoms with Gasteiger partial charge in [-0.25, -0.2) is 35.9 Å². The molecule has 2 aromatic carbocycles. The van der Waals surface area contributed by atoms with Crippen LogP contribution in [0.3, 0.4) is 0 Å². The number of piperidine rings is 1. The van der Waals surface area contributed by atoms with Crippen LogP contribution < -0.4 is 25.4 Å². The van der Waals surface area contributed by atoms with Crippen LogP contribution in [-0.2, 0) is 58.6 Å². The highest BCUT2D eigenvalue weighted by atomic mass is 32.2. The van der Waals surface area contributed by atoms with Crippen molar-refractivity contribution in [2.45, 2.75) is 119 Å². The predicted octanol–water partition coefficient (Wildman–Crippen LogP) is 3.86. The Bertz CT molecular complexity index is 2110. The number of carbonyl (C=O) groups excluding carboxylic acids is 2. The molecule has 0 spiro atoms. The fraction of sp³-hybridized carbons (Fsp3) is 0.650. The minimum absolute atomic E-state index is 0.117. The summed E-state index contributed by atoms with van der Waals surface area (Å²) in [7, 11) is -7.67. The summed E-state index contributed by atoms with van der Waals surface area (Å²) in [5.74, 6) is 0.266. The molecule has 0 saturated carbocycles. The molecule has 3 heterocycles. The Morgan fingerprint density at radius 1 is 0.691 bits per heavy atom. The second-order valence-electron chi connectivity index (χ2n) is 17.0. The molecule has 7 aliphatic rings. The molecule has 5 N–H and O–H groups in total. The van der Waals surface area contributed by atoms with E-state index in [1.807, 2.05) is 0 Å². The van der Waals surface area contributed by atoms with E-state index < -0.39 is 42.6 Å². The largest absolute Gasteiger partial charge is 0.332 e. The number of hydrogen-bond acceptors (Lipinski definition) is 9. The van der Waals surface area contributed by atoms with E-state index in [2.05, 4.69) is 54.3 Å². The van der Waals surface area contributed by atoms with Gasteiger partial charge in [0.25, 0.3) is 0 Å². The summed E-state index contributed by atoms with van der Waals surface area (Å²) >= 11 is 0. The average Bonchev–Trinajstić information content (AvgIpc) is 3.96. The lowest BCUT2D eigenvalue weighted by atomic mass is 9.81. The fourth-order valence-electron chi connectivity index (χ4n) is 11.0. The van der Waals surface area contributed by atoms with E-state index in [0.717, 1.165) is 137 Å². The topological polar surface area (TPSA) is 169 Å². The Morgan fingerprint density at radius 2 is 1.33 bits per heavy atom. The molecule has 3 aliphatic heterocycles. The zero-order chi connectivity index (χ0) is 38.1. The Labute approximate surface area is 325 Å². The Balaban J connectivity index is 0.944. The van der Waals surface area contributed by atoms with Gasteiger partial charge in [-0.05, 0) is 166 Å². The zero-order valence-corrected chi connectivity index (χ0v) is 33.5. The predicted molar refractivity (Wildman–Crippen MR) is 213 cm³/mol. The monoisotopic (exact) mass is 793 g/mol. The lowest BCUT2D eigenvalue weighted by Crippen LogP contribution is -2.56. The number of fused-ring (bicyclic) bond motifs is 4. The first-order valence-electron chi connectivity index (χ1n) is 20.7. The summed E-state index contributed by atoms with van der Waals surface area (Å²) in [6.07, 6.45) is 11.5. The second-order valence-corrected chi connectivity index (χ2v) is 20.9. The molecule has 3 fully saturated rings. The molecule has 4 aliphatic carbocycles. The van der Waals surface area contributed by atoms with Crippen molar-refractivity contribution in [2.75, 3.05) is 56.4 Å². The Kier molecular flexibility index (Phi) is 9.92. The van der Waals surface area contributed by atoms with Crippen LogP contribution in [0.1, 0.15) is 108 Å². The lowest BCUT2D eigenvalue weighted by Gasteiger charge is -2.36. The van der Waals surface area contributed by atoms with Crippen molar-refractivity contribution in [3.8, 4) is 0 Å². The van der Waals surface area contributed by atoms with Crippen LogP contribution in [0.2, 0.25) is 0 Å². The summed E-state index contributed by atoms with van der Waals surface area (Å²) < 4.78 is 57.6. The van der Waals surface area contributed by atoms with Crippen molar-refractivity contribution in [1.29, 1.82) is 0 Å². The van der Waals surface area contributed by atoms with Crippen LogP contribution in [0.25, 0.3) is 0 Å². The van der Waals surface area contributed by atoms with Gasteiger partial charge in [0.05, 0.1) is 5.25 Å². The Morgan fingerprint density at radius 3 is 2.00 bits per heavy atom. The molecule has 13 nitrogen and oxygen atoms in total. The number of urea groups is 2. The van der Waals surface area contributed by atoms with Gasteiger partial charge in [-0.3, -0.25) is 4.90 Å². The molecule has 4 amide bonds. The highest BCUT2D eigenvalue weighted by molar-refractivity contribution is 7.91. The normalized spacial score (nSPS) is 25.6. The van der Waals surface area contributed by atoms with Gasteiger partial charge in [0.2, 0.25) is 20.0 Å². The number of rotatable bonds is 9. The summed E-state index contributed by atoms with van der Waals surface area (Å²) in [4.78, 5) is 31.7. The van der Waals surface area contributed by atoms with Crippen molar-refractivity contribution in [3.05, 3.63) is 56.6 Å². The number of carbonyl (C=O) groups is 2. The Hall–Kier alpha value is -3.24. The molecule has 0 aromatic heterocycles. The molecule has 15 heteroatoms. The van der Waals surface area contributed by atoms with E-state index in [-0.39, 0.29) is 11.8 Å². The van der Waals surface area contributed by atoms with E-state index in [4.69, 9.17) is 0 Å². The first-order valence-corrected chi connectivity index (χ1v) is 23.8. The first-order chi connectivity index (χ1) is 26.5. The van der Waals surface area contributed by atoms with E-state index in [1.54, 1.807) is 0 Å². The number of amides is 4. The molecule has 3 unspecified atom stereocenters. The molecule has 2 aromatic rings. The van der Waals surface area contributed by atoms with Crippen LogP contribution in [0, 0.1) is 0 Å². The number of nitrogens with zero attached hydrogens (tertiary/aromatic N) is 2. The van der Waals surface area contributed by atoms with E-state index in [0.29, 0.717) is 32.1 Å². The van der Waals surface area contributed by atoms with Crippen molar-refractivity contribution < 1.29 is 26.4 Å². The van der Waals surface area contributed by atoms with Gasteiger partial charge in [-0.2, -0.15) is 0 Å². The number of anilines is 2.